The molecular weight excluding hydrogens is 362 g/mol. The summed E-state index contributed by atoms with van der Waals surface area (Å²) in [6.07, 6.45) is 0.473. The molecule has 0 aliphatic rings. The Balaban J connectivity index is 1.57. The van der Waals surface area contributed by atoms with E-state index < -0.39 is 5.97 Å². The first kappa shape index (κ1) is 19.1. The molecule has 1 heterocycles. The van der Waals surface area contributed by atoms with Gasteiger partial charge in [0.15, 0.2) is 0 Å². The molecule has 8 nitrogen and oxygen atoms in total. The number of aromatic nitrogens is 2. The topological polar surface area (TPSA) is 104 Å². The third kappa shape index (κ3) is 4.53. The van der Waals surface area contributed by atoms with Crippen molar-refractivity contribution < 1.29 is 23.6 Å². The Morgan fingerprint density at radius 3 is 2.54 bits per heavy atom. The van der Waals surface area contributed by atoms with Gasteiger partial charge in [-0.1, -0.05) is 17.3 Å². The van der Waals surface area contributed by atoms with Gasteiger partial charge >= 0.3 is 5.97 Å². The van der Waals surface area contributed by atoms with Crippen molar-refractivity contribution in [3.05, 3.63) is 60.0 Å². The first-order valence-corrected chi connectivity index (χ1v) is 8.55. The summed E-state index contributed by atoms with van der Waals surface area (Å²) in [5, 5.41) is 6.70. The van der Waals surface area contributed by atoms with Crippen molar-refractivity contribution in [1.29, 1.82) is 0 Å². The highest BCUT2D eigenvalue weighted by atomic mass is 16.5. The number of hydrogen-bond acceptors (Lipinski definition) is 7. The Hall–Kier alpha value is -3.68. The number of esters is 1. The standard InChI is InChI=1S/C20H19N3O5/c1-26-16-6-4-3-5-15(16)19-22-18(28-23-19)12-11-17(24)21-14-9-7-13(8-10-14)20(25)27-2/h3-10H,11-12H2,1-2H3,(H,21,24). The van der Waals surface area contributed by atoms with Crippen molar-refractivity contribution in [2.45, 2.75) is 12.8 Å². The molecule has 0 unspecified atom stereocenters. The van der Waals surface area contributed by atoms with Gasteiger partial charge in [0.25, 0.3) is 0 Å². The molecule has 0 bridgehead atoms. The number of hydrogen-bond donors (Lipinski definition) is 1. The minimum Gasteiger partial charge on any atom is -0.496 e. The quantitative estimate of drug-likeness (QED) is 0.627. The highest BCUT2D eigenvalue weighted by molar-refractivity contribution is 5.93. The van der Waals surface area contributed by atoms with Gasteiger partial charge in [-0.2, -0.15) is 4.98 Å². The smallest absolute Gasteiger partial charge is 0.337 e. The van der Waals surface area contributed by atoms with Crippen LogP contribution in [-0.2, 0) is 16.0 Å². The number of amides is 1. The average Bonchev–Trinajstić information content (AvgIpc) is 3.21. The van der Waals surface area contributed by atoms with Crippen LogP contribution < -0.4 is 10.1 Å². The van der Waals surface area contributed by atoms with Crippen LogP contribution in [0.4, 0.5) is 5.69 Å². The maximum Gasteiger partial charge on any atom is 0.337 e. The number of nitrogens with one attached hydrogen (secondary N) is 1. The molecule has 0 saturated heterocycles. The summed E-state index contributed by atoms with van der Waals surface area (Å²) >= 11 is 0. The maximum absolute atomic E-state index is 12.1. The number of nitrogens with zero attached hydrogens (tertiary/aromatic N) is 2. The SMILES string of the molecule is COC(=O)c1ccc(NC(=O)CCc2nc(-c3ccccc3OC)no2)cc1. The van der Waals surface area contributed by atoms with E-state index in [2.05, 4.69) is 20.2 Å². The number of aryl methyl sites for hydroxylation is 1. The van der Waals surface area contributed by atoms with E-state index in [0.29, 0.717) is 35.1 Å². The van der Waals surface area contributed by atoms with Crippen molar-refractivity contribution in [1.82, 2.24) is 10.1 Å². The predicted molar refractivity (Wildman–Crippen MR) is 101 cm³/mol. The Morgan fingerprint density at radius 2 is 1.82 bits per heavy atom. The van der Waals surface area contributed by atoms with Crippen LogP contribution in [-0.4, -0.2) is 36.2 Å². The third-order valence-electron chi connectivity index (χ3n) is 3.97. The number of carbonyl (C=O) groups excluding carboxylic acids is 2. The van der Waals surface area contributed by atoms with Crippen LogP contribution in [0, 0.1) is 0 Å². The van der Waals surface area contributed by atoms with Crippen LogP contribution in [0.3, 0.4) is 0 Å². The summed E-state index contributed by atoms with van der Waals surface area (Å²) in [5.41, 5.74) is 1.71. The van der Waals surface area contributed by atoms with Gasteiger partial charge < -0.3 is 19.3 Å². The summed E-state index contributed by atoms with van der Waals surface area (Å²) < 4.78 is 15.2. The Kier molecular flexibility index (Phi) is 6.01. The molecule has 0 aliphatic carbocycles. The van der Waals surface area contributed by atoms with Crippen molar-refractivity contribution in [3.8, 4) is 17.1 Å². The van der Waals surface area contributed by atoms with E-state index >= 15 is 0 Å². The average molecular weight is 381 g/mol. The van der Waals surface area contributed by atoms with Gasteiger partial charge in [0.1, 0.15) is 5.75 Å². The van der Waals surface area contributed by atoms with E-state index in [1.54, 1.807) is 31.4 Å². The molecule has 3 aromatic rings. The number of ether oxygens (including phenoxy) is 2. The van der Waals surface area contributed by atoms with Gasteiger partial charge in [-0.3, -0.25) is 4.79 Å². The zero-order valence-electron chi connectivity index (χ0n) is 15.5. The molecule has 8 heteroatoms. The molecule has 28 heavy (non-hydrogen) atoms. The lowest BCUT2D eigenvalue weighted by molar-refractivity contribution is -0.116. The van der Waals surface area contributed by atoms with Gasteiger partial charge in [0.05, 0.1) is 25.3 Å². The van der Waals surface area contributed by atoms with Crippen LogP contribution >= 0.6 is 0 Å². The van der Waals surface area contributed by atoms with E-state index in [9.17, 15) is 9.59 Å². The molecule has 0 atom stereocenters. The molecule has 1 N–H and O–H groups in total. The fourth-order valence-corrected chi connectivity index (χ4v) is 2.55. The summed E-state index contributed by atoms with van der Waals surface area (Å²) in [6, 6.07) is 13.8. The Morgan fingerprint density at radius 1 is 1.07 bits per heavy atom. The van der Waals surface area contributed by atoms with Gasteiger partial charge in [-0.05, 0) is 36.4 Å². The van der Waals surface area contributed by atoms with Gasteiger partial charge in [-0.25, -0.2) is 4.79 Å². The molecule has 0 spiro atoms. The monoisotopic (exact) mass is 381 g/mol. The number of rotatable bonds is 7. The summed E-state index contributed by atoms with van der Waals surface area (Å²) in [4.78, 5) is 27.9. The molecule has 0 radical (unpaired) electrons. The lowest BCUT2D eigenvalue weighted by Gasteiger charge is -2.05. The van der Waals surface area contributed by atoms with Crippen molar-refractivity contribution >= 4 is 17.6 Å². The van der Waals surface area contributed by atoms with E-state index in [-0.39, 0.29) is 12.3 Å². The van der Waals surface area contributed by atoms with Crippen LogP contribution in [0.5, 0.6) is 5.75 Å². The fraction of sp³-hybridized carbons (Fsp3) is 0.200. The van der Waals surface area contributed by atoms with E-state index in [0.717, 1.165) is 5.56 Å². The van der Waals surface area contributed by atoms with Gasteiger partial charge in [0, 0.05) is 18.5 Å². The van der Waals surface area contributed by atoms with Crippen molar-refractivity contribution in [3.63, 3.8) is 0 Å². The third-order valence-corrected chi connectivity index (χ3v) is 3.97. The van der Waals surface area contributed by atoms with Gasteiger partial charge in [0.2, 0.25) is 17.6 Å². The second-order valence-corrected chi connectivity index (χ2v) is 5.83. The molecule has 0 aliphatic heterocycles. The highest BCUT2D eigenvalue weighted by Gasteiger charge is 2.14. The van der Waals surface area contributed by atoms with Crippen LogP contribution in [0.1, 0.15) is 22.7 Å². The van der Waals surface area contributed by atoms with Crippen LogP contribution in [0.2, 0.25) is 0 Å². The van der Waals surface area contributed by atoms with Crippen molar-refractivity contribution in [2.24, 2.45) is 0 Å². The van der Waals surface area contributed by atoms with Gasteiger partial charge in [-0.15, -0.1) is 0 Å². The van der Waals surface area contributed by atoms with E-state index in [1.807, 2.05) is 24.3 Å². The lowest BCUT2D eigenvalue weighted by atomic mass is 10.2. The highest BCUT2D eigenvalue weighted by Crippen LogP contribution is 2.27. The molecule has 0 fully saturated rings. The number of para-hydroxylation sites is 1. The number of carbonyl (C=O) groups is 2. The molecule has 1 amide bonds. The van der Waals surface area contributed by atoms with E-state index in [1.165, 1.54) is 7.11 Å². The molecule has 0 saturated carbocycles. The number of benzene rings is 2. The first-order chi connectivity index (χ1) is 13.6. The second kappa shape index (κ2) is 8.81. The fourth-order valence-electron chi connectivity index (χ4n) is 2.55. The van der Waals surface area contributed by atoms with Crippen LogP contribution in [0.25, 0.3) is 11.4 Å². The molecule has 144 valence electrons. The molecule has 1 aromatic heterocycles. The minimum atomic E-state index is -0.430. The first-order valence-electron chi connectivity index (χ1n) is 8.55. The zero-order chi connectivity index (χ0) is 19.9. The Bertz CT molecular complexity index is 966. The lowest BCUT2D eigenvalue weighted by Crippen LogP contribution is -2.12. The summed E-state index contributed by atoms with van der Waals surface area (Å²) in [6.45, 7) is 0. The summed E-state index contributed by atoms with van der Waals surface area (Å²) in [5.74, 6) is 0.773. The van der Waals surface area contributed by atoms with Crippen LogP contribution in [0.15, 0.2) is 53.1 Å². The largest absolute Gasteiger partial charge is 0.496 e. The normalized spacial score (nSPS) is 10.4. The van der Waals surface area contributed by atoms with E-state index in [4.69, 9.17) is 9.26 Å². The molecule has 2 aromatic carbocycles. The minimum absolute atomic E-state index is 0.173. The number of methoxy groups -OCH3 is 2. The number of anilines is 1. The predicted octanol–water partition coefficient (Wildman–Crippen LogP) is 3.10. The zero-order valence-corrected chi connectivity index (χ0v) is 15.5. The molecular formula is C20H19N3O5. The second-order valence-electron chi connectivity index (χ2n) is 5.83. The Labute approximate surface area is 161 Å². The molecule has 3 rings (SSSR count). The maximum atomic E-state index is 12.1. The summed E-state index contributed by atoms with van der Waals surface area (Å²) in [7, 11) is 2.89. The van der Waals surface area contributed by atoms with Crippen molar-refractivity contribution in [2.75, 3.05) is 19.5 Å².